The van der Waals surface area contributed by atoms with Crippen molar-refractivity contribution in [1.29, 1.82) is 0 Å². The van der Waals surface area contributed by atoms with Gasteiger partial charge in [-0.25, -0.2) is 4.57 Å². The number of nitrogens with one attached hydrogen (secondary N) is 1. The van der Waals surface area contributed by atoms with Gasteiger partial charge >= 0.3 is 13.8 Å². The highest BCUT2D eigenvalue weighted by molar-refractivity contribution is 7.47. The Balaban J connectivity index is 5.21. The van der Waals surface area contributed by atoms with Crippen LogP contribution in [0.25, 0.3) is 0 Å². The summed E-state index contributed by atoms with van der Waals surface area (Å²) in [5.74, 6) is -0.539. The molecule has 0 rings (SSSR count). The van der Waals surface area contributed by atoms with Crippen molar-refractivity contribution >= 4 is 19.7 Å². The third-order valence-electron chi connectivity index (χ3n) is 14.6. The Morgan fingerprint density at radius 2 is 0.753 bits per heavy atom. The van der Waals surface area contributed by atoms with Gasteiger partial charge in [0.05, 0.1) is 33.8 Å². The first-order chi connectivity index (χ1) is 41.4. The number of hydrogen-bond acceptors (Lipinski definition) is 6. The summed E-state index contributed by atoms with van der Waals surface area (Å²) in [6.07, 6.45) is 90.2. The van der Waals surface area contributed by atoms with Gasteiger partial charge in [-0.1, -0.05) is 277 Å². The lowest BCUT2D eigenvalue weighted by molar-refractivity contribution is -0.870. The topological polar surface area (TPSA) is 111 Å². The van der Waals surface area contributed by atoms with E-state index in [9.17, 15) is 19.0 Å². The predicted molar refractivity (Wildman–Crippen MR) is 369 cm³/mol. The molecule has 0 aromatic carbocycles. The molecule has 1 amide bonds. The Hall–Kier alpha value is -3.85. The minimum atomic E-state index is -4.47. The van der Waals surface area contributed by atoms with Gasteiger partial charge in [-0.2, -0.15) is 0 Å². The van der Waals surface area contributed by atoms with Gasteiger partial charge in [0, 0.05) is 12.8 Å². The first-order valence-electron chi connectivity index (χ1n) is 34.5. The summed E-state index contributed by atoms with van der Waals surface area (Å²) < 4.78 is 30.8. The molecule has 0 spiro atoms. The molecule has 0 saturated heterocycles. The third kappa shape index (κ3) is 64.5. The van der Waals surface area contributed by atoms with Crippen molar-refractivity contribution < 1.29 is 37.3 Å². The van der Waals surface area contributed by atoms with Gasteiger partial charge in [0.2, 0.25) is 5.91 Å². The molecule has 0 radical (unpaired) electrons. The number of amides is 1. The highest BCUT2D eigenvalue weighted by Gasteiger charge is 2.30. The molecule has 9 nitrogen and oxygen atoms in total. The van der Waals surface area contributed by atoms with Gasteiger partial charge in [0.1, 0.15) is 19.3 Å². The van der Waals surface area contributed by atoms with E-state index in [0.717, 1.165) is 148 Å². The number of hydrogen-bond donors (Lipinski definition) is 2. The molecule has 10 heteroatoms. The lowest BCUT2D eigenvalue weighted by atomic mass is 10.0. The molecule has 0 saturated carbocycles. The highest BCUT2D eigenvalue weighted by Crippen LogP contribution is 2.43. The van der Waals surface area contributed by atoms with Gasteiger partial charge in [0.25, 0.3) is 0 Å². The van der Waals surface area contributed by atoms with E-state index >= 15 is 0 Å². The molecular formula is C75H130N2O7P+. The number of allylic oxidation sites excluding steroid dienone is 21. The van der Waals surface area contributed by atoms with E-state index < -0.39 is 20.0 Å². The minimum Gasteiger partial charge on any atom is -0.456 e. The largest absolute Gasteiger partial charge is 0.472 e. The summed E-state index contributed by atoms with van der Waals surface area (Å²) in [5, 5.41) is 3.06. The number of carbonyl (C=O) groups is 2. The fourth-order valence-corrected chi connectivity index (χ4v) is 10.1. The number of ether oxygens (including phenoxy) is 1. The number of quaternary nitrogens is 1. The number of nitrogens with zero attached hydrogens (tertiary/aromatic N) is 1. The van der Waals surface area contributed by atoms with Crippen LogP contribution < -0.4 is 5.32 Å². The Morgan fingerprint density at radius 1 is 0.424 bits per heavy atom. The summed E-state index contributed by atoms with van der Waals surface area (Å²) in [7, 11) is 1.46. The van der Waals surface area contributed by atoms with Gasteiger partial charge in [0.15, 0.2) is 0 Å². The first-order valence-corrected chi connectivity index (χ1v) is 36.0. The SMILES string of the molecule is CC/C=C\C/C=C\C/C=C\C/C=C\C/C=C\CCCCCCCCCCCC(=O)NC(COP(=O)(O)OCC[N+](C)(C)C)C(/C=C\CCCCCCCCCCCCC)OC(=O)CCCCCCC/C=C\C/C=C\C/C=C\C/C=C\C/C=C\CC. The molecule has 0 aliphatic rings. The average Bonchev–Trinajstić information content (AvgIpc) is 3.64. The number of rotatable bonds is 61. The summed E-state index contributed by atoms with van der Waals surface area (Å²) >= 11 is 0. The molecule has 0 fully saturated rings. The van der Waals surface area contributed by atoms with Crippen molar-refractivity contribution in [2.75, 3.05) is 40.9 Å². The van der Waals surface area contributed by atoms with Crippen LogP contribution in [0.15, 0.2) is 134 Å². The van der Waals surface area contributed by atoms with E-state index in [1.165, 1.54) is 89.9 Å². The molecule has 85 heavy (non-hydrogen) atoms. The van der Waals surface area contributed by atoms with Crippen LogP contribution in [0.5, 0.6) is 0 Å². The predicted octanol–water partition coefficient (Wildman–Crippen LogP) is 22.0. The maximum absolute atomic E-state index is 13.6. The maximum Gasteiger partial charge on any atom is 0.472 e. The zero-order valence-corrected chi connectivity index (χ0v) is 56.4. The Kier molecular flexibility index (Phi) is 60.3. The fourth-order valence-electron chi connectivity index (χ4n) is 9.35. The van der Waals surface area contributed by atoms with Crippen molar-refractivity contribution in [1.82, 2.24) is 5.32 Å². The van der Waals surface area contributed by atoms with Crippen molar-refractivity contribution in [3.05, 3.63) is 134 Å². The van der Waals surface area contributed by atoms with Gasteiger partial charge in [-0.05, 0) is 122 Å². The highest BCUT2D eigenvalue weighted by atomic mass is 31.2. The molecule has 486 valence electrons. The fraction of sp³-hybridized carbons (Fsp3) is 0.680. The van der Waals surface area contributed by atoms with E-state index in [1.807, 2.05) is 33.3 Å². The second-order valence-electron chi connectivity index (χ2n) is 23.9. The average molecular weight is 1200 g/mol. The number of phosphoric ester groups is 1. The zero-order valence-electron chi connectivity index (χ0n) is 55.6. The van der Waals surface area contributed by atoms with Crippen LogP contribution in [0.2, 0.25) is 0 Å². The molecule has 2 N–H and O–H groups in total. The minimum absolute atomic E-state index is 0.0285. The van der Waals surface area contributed by atoms with Crippen molar-refractivity contribution in [3.8, 4) is 0 Å². The van der Waals surface area contributed by atoms with Crippen LogP contribution >= 0.6 is 7.82 Å². The second-order valence-corrected chi connectivity index (χ2v) is 25.4. The number of unbranched alkanes of at least 4 members (excludes halogenated alkanes) is 25. The van der Waals surface area contributed by atoms with Crippen LogP contribution in [-0.2, 0) is 27.9 Å². The smallest absolute Gasteiger partial charge is 0.456 e. The van der Waals surface area contributed by atoms with E-state index in [2.05, 4.69) is 148 Å². The Bertz CT molecular complexity index is 1920. The van der Waals surface area contributed by atoms with Crippen LogP contribution in [0, 0.1) is 0 Å². The van der Waals surface area contributed by atoms with Gasteiger partial charge < -0.3 is 19.4 Å². The number of phosphoric acid groups is 1. The van der Waals surface area contributed by atoms with Crippen LogP contribution in [0.3, 0.4) is 0 Å². The third-order valence-corrected chi connectivity index (χ3v) is 15.6. The number of carbonyl (C=O) groups excluding carboxylic acids is 2. The van der Waals surface area contributed by atoms with Crippen molar-refractivity contribution in [2.45, 2.75) is 290 Å². The molecule has 0 aliphatic carbocycles. The molecule has 3 unspecified atom stereocenters. The Labute approximate surface area is 524 Å². The van der Waals surface area contributed by atoms with E-state index in [4.69, 9.17) is 13.8 Å². The zero-order chi connectivity index (χ0) is 62.1. The van der Waals surface area contributed by atoms with Crippen LogP contribution in [0.4, 0.5) is 0 Å². The second kappa shape index (κ2) is 63.2. The molecule has 0 bridgehead atoms. The van der Waals surface area contributed by atoms with E-state index in [0.29, 0.717) is 23.9 Å². The summed E-state index contributed by atoms with van der Waals surface area (Å²) in [4.78, 5) is 37.9. The van der Waals surface area contributed by atoms with E-state index in [1.54, 1.807) is 0 Å². The Morgan fingerprint density at radius 3 is 1.13 bits per heavy atom. The number of esters is 1. The lowest BCUT2D eigenvalue weighted by Crippen LogP contribution is -2.47. The lowest BCUT2D eigenvalue weighted by Gasteiger charge is -2.27. The normalized spacial score (nSPS) is 14.4. The quantitative estimate of drug-likeness (QED) is 0.0205. The van der Waals surface area contributed by atoms with Gasteiger partial charge in [-0.15, -0.1) is 0 Å². The van der Waals surface area contributed by atoms with Crippen LogP contribution in [-0.4, -0.2) is 74.3 Å². The van der Waals surface area contributed by atoms with Crippen molar-refractivity contribution in [3.63, 3.8) is 0 Å². The van der Waals surface area contributed by atoms with Crippen LogP contribution in [0.1, 0.15) is 278 Å². The van der Waals surface area contributed by atoms with E-state index in [-0.39, 0.29) is 31.5 Å². The first kappa shape index (κ1) is 81.2. The summed E-state index contributed by atoms with van der Waals surface area (Å²) in [5.41, 5.74) is 0. The maximum atomic E-state index is 13.6. The molecule has 3 atom stereocenters. The summed E-state index contributed by atoms with van der Waals surface area (Å²) in [6, 6.07) is -0.871. The molecule has 0 aromatic rings. The molecule has 0 aromatic heterocycles. The standard InChI is InChI=1S/C75H129N2O7P/c1-7-10-13-16-19-22-25-28-30-32-34-36-37-38-39-41-42-44-46-49-52-55-58-61-64-67-74(78)76-72(71-83-85(80,81)82-70-69-77(4,5)6)73(66-63-60-57-54-51-48-27-24-21-18-15-12-9-3)84-75(79)68-65-62-59-56-53-50-47-45-43-40-35-33-31-29-26-23-20-17-14-11-8-2/h10-11,13-14,19-20,22-23,28-31,34-36,38-40,45,47,63,66,72-73H,7-9,12,15-18,21,24-27,32-33,37,41-44,46,48-62,64-65,67-71H2,1-6H3,(H-,76,78,80,81)/p+1/b13-10-,14-11-,22-19-,23-20-,30-28-,31-29-,36-34-,39-38-,40-35-,47-45-,66-63-. The number of likely N-dealkylation sites (N-methyl/N-ethyl adjacent to an activating group) is 1. The molecule has 0 aliphatic heterocycles. The van der Waals surface area contributed by atoms with Crippen molar-refractivity contribution in [2.24, 2.45) is 0 Å². The molecular weight excluding hydrogens is 1070 g/mol. The monoisotopic (exact) mass is 1200 g/mol. The van der Waals surface area contributed by atoms with Gasteiger partial charge in [-0.3, -0.25) is 18.6 Å². The summed E-state index contributed by atoms with van der Waals surface area (Å²) in [6.45, 7) is 6.77. The molecule has 0 heterocycles.